The number of methoxy groups -OCH3 is 1. The number of carbonyl (C=O) groups excluding carboxylic acids is 1. The summed E-state index contributed by atoms with van der Waals surface area (Å²) >= 11 is 10.2. The number of hydrogen-bond acceptors (Lipinski definition) is 7. The first kappa shape index (κ1) is 29.6. The normalized spacial score (nSPS) is 15.4. The molecular formula is C27H21BrClF3N2O5S. The van der Waals surface area contributed by atoms with Gasteiger partial charge >= 0.3 is 12.1 Å². The molecule has 0 saturated heterocycles. The van der Waals surface area contributed by atoms with Gasteiger partial charge in [0.05, 0.1) is 34.3 Å². The maximum Gasteiger partial charge on any atom is 0.434 e. The molecule has 0 unspecified atom stereocenters. The van der Waals surface area contributed by atoms with E-state index in [0.29, 0.717) is 26.6 Å². The van der Waals surface area contributed by atoms with Crippen LogP contribution >= 0.6 is 38.9 Å². The Labute approximate surface area is 243 Å². The minimum Gasteiger partial charge on any atom is -0.493 e. The number of fused-ring (bicyclic) bond motifs is 1. The van der Waals surface area contributed by atoms with E-state index in [9.17, 15) is 22.8 Å². The molecule has 210 valence electrons. The zero-order chi connectivity index (χ0) is 29.2. The summed E-state index contributed by atoms with van der Waals surface area (Å²) in [6, 6.07) is 7.65. The van der Waals surface area contributed by atoms with Crippen molar-refractivity contribution in [3.8, 4) is 11.5 Å². The third-order valence-corrected chi connectivity index (χ3v) is 7.50. The largest absolute Gasteiger partial charge is 0.493 e. The van der Waals surface area contributed by atoms with Crippen LogP contribution in [0.25, 0.3) is 6.08 Å². The van der Waals surface area contributed by atoms with Crippen LogP contribution in [0.15, 0.2) is 74.6 Å². The van der Waals surface area contributed by atoms with Gasteiger partial charge in [-0.3, -0.25) is 9.36 Å². The van der Waals surface area contributed by atoms with Gasteiger partial charge in [0.2, 0.25) is 0 Å². The van der Waals surface area contributed by atoms with Gasteiger partial charge < -0.3 is 14.2 Å². The third kappa shape index (κ3) is 5.89. The van der Waals surface area contributed by atoms with Gasteiger partial charge in [-0.1, -0.05) is 47.7 Å². The fraction of sp³-hybridized carbons (Fsp3) is 0.222. The molecule has 40 heavy (non-hydrogen) atoms. The number of halogens is 5. The molecule has 4 rings (SSSR count). The molecule has 1 aromatic heterocycles. The Morgan fingerprint density at radius 3 is 2.58 bits per heavy atom. The molecule has 1 aliphatic heterocycles. The Balaban J connectivity index is 1.99. The second-order valence-corrected chi connectivity index (χ2v) is 10.5. The van der Waals surface area contributed by atoms with Gasteiger partial charge in [-0.15, -0.1) is 0 Å². The molecule has 1 atom stereocenters. The number of benzene rings is 2. The zero-order valence-corrected chi connectivity index (χ0v) is 24.2. The summed E-state index contributed by atoms with van der Waals surface area (Å²) < 4.78 is 60.4. The van der Waals surface area contributed by atoms with E-state index >= 15 is 0 Å². The molecule has 0 amide bonds. The second kappa shape index (κ2) is 12.0. The van der Waals surface area contributed by atoms with Crippen LogP contribution in [0, 0.1) is 0 Å². The van der Waals surface area contributed by atoms with Crippen molar-refractivity contribution in [3.05, 3.63) is 101 Å². The molecule has 3 aromatic rings. The maximum absolute atomic E-state index is 14.2. The van der Waals surface area contributed by atoms with E-state index in [1.54, 1.807) is 18.2 Å². The molecule has 0 radical (unpaired) electrons. The number of ether oxygens (including phenoxy) is 3. The van der Waals surface area contributed by atoms with Crippen molar-refractivity contribution < 1.29 is 32.2 Å². The van der Waals surface area contributed by atoms with Gasteiger partial charge in [0, 0.05) is 5.02 Å². The molecule has 0 bridgehead atoms. The molecule has 13 heteroatoms. The zero-order valence-electron chi connectivity index (χ0n) is 21.1. The second-order valence-electron chi connectivity index (χ2n) is 8.25. The van der Waals surface area contributed by atoms with Crippen molar-refractivity contribution in [2.45, 2.75) is 19.1 Å². The Hall–Kier alpha value is -3.35. The van der Waals surface area contributed by atoms with Crippen molar-refractivity contribution in [2.75, 3.05) is 20.3 Å². The van der Waals surface area contributed by atoms with Crippen molar-refractivity contribution in [3.63, 3.8) is 0 Å². The van der Waals surface area contributed by atoms with E-state index in [-0.39, 0.29) is 28.1 Å². The molecule has 2 aromatic carbocycles. The van der Waals surface area contributed by atoms with Crippen molar-refractivity contribution in [1.29, 1.82) is 0 Å². The van der Waals surface area contributed by atoms with E-state index in [2.05, 4.69) is 27.5 Å². The highest BCUT2D eigenvalue weighted by Gasteiger charge is 2.45. The van der Waals surface area contributed by atoms with Crippen molar-refractivity contribution in [1.82, 2.24) is 4.57 Å². The summed E-state index contributed by atoms with van der Waals surface area (Å²) in [6.07, 6.45) is -1.94. The number of nitrogens with zero attached hydrogens (tertiary/aromatic N) is 2. The minimum absolute atomic E-state index is 0.0815. The van der Waals surface area contributed by atoms with Gasteiger partial charge in [0.15, 0.2) is 22.0 Å². The average Bonchev–Trinajstić information content (AvgIpc) is 3.21. The lowest BCUT2D eigenvalue weighted by molar-refractivity contribution is -0.140. The molecular weight excluding hydrogens is 637 g/mol. The first-order valence-electron chi connectivity index (χ1n) is 11.7. The van der Waals surface area contributed by atoms with Crippen molar-refractivity contribution >= 4 is 50.9 Å². The van der Waals surface area contributed by atoms with Crippen LogP contribution in [0.2, 0.25) is 5.02 Å². The predicted octanol–water partition coefficient (Wildman–Crippen LogP) is 5.33. The van der Waals surface area contributed by atoms with Crippen LogP contribution in [0.5, 0.6) is 11.5 Å². The standard InChI is InChI=1S/C27H21BrClF3N2O5S/c1-4-10-39-22-17(28)11-14(12-18(22)37-3)13-19-24(35)34-21(15-6-8-16(29)9-7-15)20(25(36)38-5-2)23(27(30,31)32)33-26(34)40-19/h4,6-9,11-13,21H,1,5,10H2,2-3H3/b19-13-/t21-/m0/s1. The fourth-order valence-corrected chi connectivity index (χ4v) is 5.76. The maximum atomic E-state index is 14.2. The van der Waals surface area contributed by atoms with Crippen LogP contribution in [-0.2, 0) is 9.53 Å². The molecule has 7 nitrogen and oxygen atoms in total. The van der Waals surface area contributed by atoms with E-state index in [4.69, 9.17) is 25.8 Å². The van der Waals surface area contributed by atoms with E-state index in [1.165, 1.54) is 44.4 Å². The number of alkyl halides is 3. The fourth-order valence-electron chi connectivity index (χ4n) is 4.06. The van der Waals surface area contributed by atoms with Crippen LogP contribution < -0.4 is 24.4 Å². The Bertz CT molecular complexity index is 1680. The lowest BCUT2D eigenvalue weighted by Crippen LogP contribution is -2.41. The topological polar surface area (TPSA) is 79.1 Å². The molecule has 2 heterocycles. The molecule has 0 saturated carbocycles. The van der Waals surface area contributed by atoms with Gasteiger partial charge in [-0.05, 0) is 64.3 Å². The highest BCUT2D eigenvalue weighted by Crippen LogP contribution is 2.39. The summed E-state index contributed by atoms with van der Waals surface area (Å²) in [6.45, 7) is 5.14. The van der Waals surface area contributed by atoms with Gasteiger partial charge in [0.1, 0.15) is 6.61 Å². The molecule has 0 aliphatic carbocycles. The Kier molecular flexibility index (Phi) is 8.91. The lowest BCUT2D eigenvalue weighted by Gasteiger charge is -2.26. The lowest BCUT2D eigenvalue weighted by atomic mass is 9.95. The summed E-state index contributed by atoms with van der Waals surface area (Å²) in [7, 11) is 1.45. The SMILES string of the molecule is C=CCOc1c(Br)cc(/C=c2\sc3n(c2=O)[C@@H](c2ccc(Cl)cc2)C(C(=O)OCC)=C(C(F)(F)F)N=3)cc1OC. The highest BCUT2D eigenvalue weighted by molar-refractivity contribution is 9.10. The van der Waals surface area contributed by atoms with E-state index in [1.807, 2.05) is 0 Å². The predicted molar refractivity (Wildman–Crippen MR) is 149 cm³/mol. The van der Waals surface area contributed by atoms with E-state index < -0.39 is 35.0 Å². The number of carbonyl (C=O) groups is 1. The summed E-state index contributed by atoms with van der Waals surface area (Å²) in [5.74, 6) is -0.451. The number of hydrogen-bond donors (Lipinski definition) is 0. The average molecular weight is 658 g/mol. The first-order valence-corrected chi connectivity index (χ1v) is 13.7. The smallest absolute Gasteiger partial charge is 0.434 e. The third-order valence-electron chi connectivity index (χ3n) is 5.68. The highest BCUT2D eigenvalue weighted by atomic mass is 79.9. The Morgan fingerprint density at radius 2 is 1.98 bits per heavy atom. The van der Waals surface area contributed by atoms with Crippen LogP contribution in [0.3, 0.4) is 0 Å². The van der Waals surface area contributed by atoms with Gasteiger partial charge in [-0.25, -0.2) is 9.79 Å². The number of esters is 1. The summed E-state index contributed by atoms with van der Waals surface area (Å²) in [5, 5.41) is 0.328. The van der Waals surface area contributed by atoms with Crippen LogP contribution in [0.1, 0.15) is 24.1 Å². The molecule has 0 fully saturated rings. The number of allylic oxidation sites excluding steroid dienone is 1. The summed E-state index contributed by atoms with van der Waals surface area (Å²) in [4.78, 5) is 30.2. The molecule has 1 aliphatic rings. The quantitative estimate of drug-likeness (QED) is 0.242. The van der Waals surface area contributed by atoms with Gasteiger partial charge in [-0.2, -0.15) is 13.2 Å². The van der Waals surface area contributed by atoms with Crippen LogP contribution in [0.4, 0.5) is 13.2 Å². The Morgan fingerprint density at radius 1 is 1.27 bits per heavy atom. The summed E-state index contributed by atoms with van der Waals surface area (Å²) in [5.41, 5.74) is -2.13. The molecule has 0 spiro atoms. The number of aromatic nitrogens is 1. The van der Waals surface area contributed by atoms with E-state index in [0.717, 1.165) is 15.9 Å². The monoisotopic (exact) mass is 656 g/mol. The number of rotatable bonds is 8. The van der Waals surface area contributed by atoms with Crippen LogP contribution in [-0.4, -0.2) is 37.0 Å². The molecule has 0 N–H and O–H groups in total. The first-order chi connectivity index (χ1) is 19.0. The van der Waals surface area contributed by atoms with Crippen molar-refractivity contribution in [2.24, 2.45) is 4.99 Å². The van der Waals surface area contributed by atoms with Gasteiger partial charge in [0.25, 0.3) is 5.56 Å². The number of thiazole rings is 1. The minimum atomic E-state index is -5.00.